The SMILES string of the molecule is CC(C)CCC(C)NC(=O)CN(C)CC(C)(C)CN. The van der Waals surface area contributed by atoms with Crippen LogP contribution in [0.5, 0.6) is 0 Å². The fourth-order valence-electron chi connectivity index (χ4n) is 2.07. The summed E-state index contributed by atoms with van der Waals surface area (Å²) < 4.78 is 0. The smallest absolute Gasteiger partial charge is 0.234 e. The van der Waals surface area contributed by atoms with Crippen LogP contribution in [0.15, 0.2) is 0 Å². The second-order valence-corrected chi connectivity index (χ2v) is 6.98. The third-order valence-electron chi connectivity index (χ3n) is 3.25. The normalized spacial score (nSPS) is 13.9. The largest absolute Gasteiger partial charge is 0.353 e. The van der Waals surface area contributed by atoms with Gasteiger partial charge in [0.05, 0.1) is 6.54 Å². The van der Waals surface area contributed by atoms with Gasteiger partial charge in [-0.15, -0.1) is 0 Å². The Hall–Kier alpha value is -0.610. The maximum atomic E-state index is 11.9. The van der Waals surface area contributed by atoms with Crippen LogP contribution in [0.1, 0.15) is 47.5 Å². The molecule has 1 unspecified atom stereocenters. The van der Waals surface area contributed by atoms with Gasteiger partial charge in [-0.3, -0.25) is 9.69 Å². The number of carbonyl (C=O) groups excluding carboxylic acids is 1. The first-order chi connectivity index (χ1) is 8.66. The average molecular weight is 271 g/mol. The Labute approximate surface area is 119 Å². The number of hydrogen-bond acceptors (Lipinski definition) is 3. The van der Waals surface area contributed by atoms with E-state index < -0.39 is 0 Å². The standard InChI is InChI=1S/C15H33N3O/c1-12(2)7-8-13(3)17-14(19)9-18(6)11-15(4,5)10-16/h12-13H,7-11,16H2,1-6H3,(H,17,19). The van der Waals surface area contributed by atoms with E-state index >= 15 is 0 Å². The summed E-state index contributed by atoms with van der Waals surface area (Å²) in [5.41, 5.74) is 5.76. The first kappa shape index (κ1) is 18.4. The lowest BCUT2D eigenvalue weighted by Gasteiger charge is -2.28. The minimum atomic E-state index is 0.0539. The number of rotatable bonds is 9. The van der Waals surface area contributed by atoms with Gasteiger partial charge in [0.2, 0.25) is 5.91 Å². The van der Waals surface area contributed by atoms with Gasteiger partial charge in [0, 0.05) is 12.6 Å². The highest BCUT2D eigenvalue weighted by molar-refractivity contribution is 5.78. The van der Waals surface area contributed by atoms with Crippen molar-refractivity contribution in [1.29, 1.82) is 0 Å². The van der Waals surface area contributed by atoms with Gasteiger partial charge in [-0.25, -0.2) is 0 Å². The molecular formula is C15H33N3O. The topological polar surface area (TPSA) is 58.4 Å². The summed E-state index contributed by atoms with van der Waals surface area (Å²) >= 11 is 0. The minimum absolute atomic E-state index is 0.0539. The Kier molecular flexibility index (Phi) is 8.26. The van der Waals surface area contributed by atoms with Gasteiger partial charge in [-0.05, 0) is 44.7 Å². The van der Waals surface area contributed by atoms with Crippen molar-refractivity contribution in [2.45, 2.75) is 53.5 Å². The zero-order valence-corrected chi connectivity index (χ0v) is 13.6. The van der Waals surface area contributed by atoms with Gasteiger partial charge < -0.3 is 11.1 Å². The van der Waals surface area contributed by atoms with Crippen molar-refractivity contribution in [2.24, 2.45) is 17.1 Å². The van der Waals surface area contributed by atoms with E-state index in [4.69, 9.17) is 5.73 Å². The Morgan fingerprint density at radius 3 is 2.32 bits per heavy atom. The summed E-state index contributed by atoms with van der Waals surface area (Å²) in [5, 5.41) is 3.06. The van der Waals surface area contributed by atoms with Gasteiger partial charge in [0.1, 0.15) is 0 Å². The average Bonchev–Trinajstić information content (AvgIpc) is 2.25. The molecule has 0 aromatic rings. The van der Waals surface area contributed by atoms with Crippen molar-refractivity contribution in [3.05, 3.63) is 0 Å². The Morgan fingerprint density at radius 2 is 1.84 bits per heavy atom. The predicted octanol–water partition coefficient (Wildman–Crippen LogP) is 1.84. The van der Waals surface area contributed by atoms with Crippen molar-refractivity contribution in [2.75, 3.05) is 26.7 Å². The third kappa shape index (κ3) is 9.91. The fourth-order valence-corrected chi connectivity index (χ4v) is 2.07. The van der Waals surface area contributed by atoms with E-state index in [1.165, 1.54) is 0 Å². The van der Waals surface area contributed by atoms with E-state index in [9.17, 15) is 4.79 Å². The molecule has 0 rings (SSSR count). The van der Waals surface area contributed by atoms with E-state index in [0.717, 1.165) is 19.4 Å². The highest BCUT2D eigenvalue weighted by atomic mass is 16.2. The molecule has 0 fully saturated rings. The summed E-state index contributed by atoms with van der Waals surface area (Å²) in [4.78, 5) is 13.9. The third-order valence-corrected chi connectivity index (χ3v) is 3.25. The molecule has 0 saturated heterocycles. The zero-order chi connectivity index (χ0) is 15.1. The van der Waals surface area contributed by atoms with Crippen molar-refractivity contribution >= 4 is 5.91 Å². The molecule has 3 N–H and O–H groups in total. The second kappa shape index (κ2) is 8.54. The summed E-state index contributed by atoms with van der Waals surface area (Å²) in [7, 11) is 1.97. The van der Waals surface area contributed by atoms with Crippen LogP contribution in [-0.4, -0.2) is 43.5 Å². The van der Waals surface area contributed by atoms with Gasteiger partial charge in [0.25, 0.3) is 0 Å². The number of nitrogens with one attached hydrogen (secondary N) is 1. The number of hydrogen-bond donors (Lipinski definition) is 2. The molecule has 0 heterocycles. The van der Waals surface area contributed by atoms with Gasteiger partial charge in [-0.2, -0.15) is 0 Å². The van der Waals surface area contributed by atoms with Crippen LogP contribution in [0.3, 0.4) is 0 Å². The Bertz CT molecular complexity index is 264. The maximum absolute atomic E-state index is 11.9. The Balaban J connectivity index is 3.96. The molecule has 0 aliphatic carbocycles. The van der Waals surface area contributed by atoms with Crippen LogP contribution in [-0.2, 0) is 4.79 Å². The molecule has 0 aliphatic rings. The highest BCUT2D eigenvalue weighted by Crippen LogP contribution is 2.13. The Morgan fingerprint density at radius 1 is 1.26 bits per heavy atom. The minimum Gasteiger partial charge on any atom is -0.353 e. The van der Waals surface area contributed by atoms with E-state index in [-0.39, 0.29) is 17.4 Å². The van der Waals surface area contributed by atoms with E-state index in [2.05, 4.69) is 39.9 Å². The van der Waals surface area contributed by atoms with Crippen molar-refractivity contribution < 1.29 is 4.79 Å². The molecule has 0 aliphatic heterocycles. The monoisotopic (exact) mass is 271 g/mol. The fraction of sp³-hybridized carbons (Fsp3) is 0.933. The molecule has 114 valence electrons. The number of amides is 1. The van der Waals surface area contributed by atoms with Crippen LogP contribution in [0.2, 0.25) is 0 Å². The lowest BCUT2D eigenvalue weighted by atomic mass is 9.93. The van der Waals surface area contributed by atoms with Crippen molar-refractivity contribution in [1.82, 2.24) is 10.2 Å². The maximum Gasteiger partial charge on any atom is 0.234 e. The zero-order valence-electron chi connectivity index (χ0n) is 13.6. The molecule has 1 atom stereocenters. The van der Waals surface area contributed by atoms with Gasteiger partial charge in [-0.1, -0.05) is 27.7 Å². The number of nitrogens with zero attached hydrogens (tertiary/aromatic N) is 1. The quantitative estimate of drug-likeness (QED) is 0.673. The molecule has 0 radical (unpaired) electrons. The lowest BCUT2D eigenvalue weighted by Crippen LogP contribution is -2.43. The van der Waals surface area contributed by atoms with Crippen LogP contribution in [0.25, 0.3) is 0 Å². The van der Waals surface area contributed by atoms with E-state index in [1.54, 1.807) is 0 Å². The van der Waals surface area contributed by atoms with Gasteiger partial charge >= 0.3 is 0 Å². The predicted molar refractivity (Wildman–Crippen MR) is 82.0 cm³/mol. The molecule has 1 amide bonds. The molecule has 0 saturated carbocycles. The summed E-state index contributed by atoms with van der Waals surface area (Å²) in [6, 6.07) is 0.255. The van der Waals surface area contributed by atoms with E-state index in [0.29, 0.717) is 19.0 Å². The van der Waals surface area contributed by atoms with Crippen molar-refractivity contribution in [3.63, 3.8) is 0 Å². The number of carbonyl (C=O) groups is 1. The van der Waals surface area contributed by atoms with Crippen molar-refractivity contribution in [3.8, 4) is 0 Å². The molecule has 4 nitrogen and oxygen atoms in total. The van der Waals surface area contributed by atoms with Crippen LogP contribution >= 0.6 is 0 Å². The molecule has 4 heteroatoms. The second-order valence-electron chi connectivity index (χ2n) is 6.98. The molecule has 0 bridgehead atoms. The highest BCUT2D eigenvalue weighted by Gasteiger charge is 2.19. The van der Waals surface area contributed by atoms with Gasteiger partial charge in [0.15, 0.2) is 0 Å². The molecule has 0 aromatic heterocycles. The molecule has 0 spiro atoms. The molecular weight excluding hydrogens is 238 g/mol. The first-order valence-electron chi connectivity index (χ1n) is 7.34. The summed E-state index contributed by atoms with van der Waals surface area (Å²) in [6.07, 6.45) is 2.19. The van der Waals surface area contributed by atoms with Crippen LogP contribution in [0.4, 0.5) is 0 Å². The summed E-state index contributed by atoms with van der Waals surface area (Å²) in [5.74, 6) is 0.791. The first-order valence-corrected chi connectivity index (χ1v) is 7.34. The number of likely N-dealkylation sites (N-methyl/N-ethyl adjacent to an activating group) is 1. The number of nitrogens with two attached hydrogens (primary N) is 1. The van der Waals surface area contributed by atoms with E-state index in [1.807, 2.05) is 11.9 Å². The van der Waals surface area contributed by atoms with Crippen LogP contribution < -0.4 is 11.1 Å². The molecule has 19 heavy (non-hydrogen) atoms. The summed E-state index contributed by atoms with van der Waals surface area (Å²) in [6.45, 7) is 12.6. The van der Waals surface area contributed by atoms with Crippen LogP contribution in [0, 0.1) is 11.3 Å². The lowest BCUT2D eigenvalue weighted by molar-refractivity contribution is -0.122. The molecule has 0 aromatic carbocycles.